The molecule has 0 saturated carbocycles. The Hall–Kier alpha value is -0.900. The zero-order valence-corrected chi connectivity index (χ0v) is 13.9. The molecule has 1 unspecified atom stereocenters. The lowest BCUT2D eigenvalue weighted by Crippen LogP contribution is -2.17. The molecule has 0 rings (SSSR count). The van der Waals surface area contributed by atoms with Gasteiger partial charge in [-0.2, -0.15) is 0 Å². The lowest BCUT2D eigenvalue weighted by molar-refractivity contribution is -0.149. The van der Waals surface area contributed by atoms with E-state index in [1.165, 1.54) is 0 Å². The second-order valence-corrected chi connectivity index (χ2v) is 5.67. The van der Waals surface area contributed by atoms with Crippen molar-refractivity contribution in [1.29, 1.82) is 0 Å². The van der Waals surface area contributed by atoms with Crippen LogP contribution in [0.5, 0.6) is 0 Å². The summed E-state index contributed by atoms with van der Waals surface area (Å²) in [5.74, 6) is 0.0764. The number of ketones is 1. The Morgan fingerprint density at radius 1 is 0.952 bits per heavy atom. The Kier molecular flexibility index (Phi) is 13.5. The summed E-state index contributed by atoms with van der Waals surface area (Å²) in [6.45, 7) is 4.37. The van der Waals surface area contributed by atoms with Crippen molar-refractivity contribution in [1.82, 2.24) is 0 Å². The van der Waals surface area contributed by atoms with E-state index in [1.54, 1.807) is 0 Å². The van der Waals surface area contributed by atoms with Crippen molar-refractivity contribution in [2.45, 2.75) is 90.6 Å². The van der Waals surface area contributed by atoms with Crippen LogP contribution in [0.1, 0.15) is 84.5 Å². The lowest BCUT2D eigenvalue weighted by Gasteiger charge is -2.15. The van der Waals surface area contributed by atoms with Gasteiger partial charge in [0.05, 0.1) is 6.54 Å². The van der Waals surface area contributed by atoms with E-state index in [4.69, 9.17) is 10.5 Å². The average Bonchev–Trinajstić information content (AvgIpc) is 2.49. The van der Waals surface area contributed by atoms with Crippen molar-refractivity contribution < 1.29 is 14.3 Å². The summed E-state index contributed by atoms with van der Waals surface area (Å²) in [6.07, 6.45) is 10.3. The van der Waals surface area contributed by atoms with Gasteiger partial charge in [0.15, 0.2) is 0 Å². The molecule has 0 spiro atoms. The molecule has 4 nitrogen and oxygen atoms in total. The number of nitrogens with two attached hydrogens (primary N) is 1. The standard InChI is InChI=1S/C17H33NO3/c1-3-5-12-16(4-2)21-17(20)13-10-8-6-7-9-11-15(19)14-18/h16H,3-14,18H2,1-2H3. The molecule has 0 amide bonds. The molecule has 0 aliphatic carbocycles. The Labute approximate surface area is 129 Å². The van der Waals surface area contributed by atoms with Crippen molar-refractivity contribution >= 4 is 11.8 Å². The van der Waals surface area contributed by atoms with Crippen LogP contribution in [0.25, 0.3) is 0 Å². The van der Waals surface area contributed by atoms with E-state index in [0.29, 0.717) is 12.8 Å². The lowest BCUT2D eigenvalue weighted by atomic mass is 10.1. The molecule has 2 N–H and O–H groups in total. The Bertz CT molecular complexity index is 279. The minimum atomic E-state index is -0.0590. The Morgan fingerprint density at radius 3 is 2.14 bits per heavy atom. The van der Waals surface area contributed by atoms with Crippen molar-refractivity contribution in [2.75, 3.05) is 6.54 Å². The number of unbranched alkanes of at least 4 members (excludes halogenated alkanes) is 5. The van der Waals surface area contributed by atoms with Crippen LogP contribution in [-0.4, -0.2) is 24.4 Å². The molecule has 0 aromatic heterocycles. The fourth-order valence-electron chi connectivity index (χ4n) is 2.25. The average molecular weight is 299 g/mol. The van der Waals surface area contributed by atoms with Crippen LogP contribution in [0.4, 0.5) is 0 Å². The van der Waals surface area contributed by atoms with Gasteiger partial charge in [-0.05, 0) is 25.7 Å². The summed E-state index contributed by atoms with van der Waals surface area (Å²) in [7, 11) is 0. The summed E-state index contributed by atoms with van der Waals surface area (Å²) in [5, 5.41) is 0. The topological polar surface area (TPSA) is 69.4 Å². The molecular formula is C17H33NO3. The summed E-state index contributed by atoms with van der Waals surface area (Å²) in [4.78, 5) is 22.7. The quantitative estimate of drug-likeness (QED) is 0.392. The molecule has 0 heterocycles. The van der Waals surface area contributed by atoms with Crippen molar-refractivity contribution in [3.05, 3.63) is 0 Å². The third-order valence-corrected chi connectivity index (χ3v) is 3.70. The Balaban J connectivity index is 3.50. The highest BCUT2D eigenvalue weighted by molar-refractivity contribution is 5.80. The van der Waals surface area contributed by atoms with Gasteiger partial charge in [0, 0.05) is 12.8 Å². The minimum absolute atomic E-state index is 0.0590. The highest BCUT2D eigenvalue weighted by atomic mass is 16.5. The van der Waals surface area contributed by atoms with Gasteiger partial charge in [0.25, 0.3) is 0 Å². The van der Waals surface area contributed by atoms with E-state index in [2.05, 4.69) is 13.8 Å². The normalized spacial score (nSPS) is 12.1. The first kappa shape index (κ1) is 20.1. The first-order valence-corrected chi connectivity index (χ1v) is 8.55. The number of carbonyl (C=O) groups is 2. The highest BCUT2D eigenvalue weighted by Crippen LogP contribution is 2.12. The van der Waals surface area contributed by atoms with Gasteiger partial charge >= 0.3 is 5.97 Å². The Morgan fingerprint density at radius 2 is 1.57 bits per heavy atom. The minimum Gasteiger partial charge on any atom is -0.462 e. The fourth-order valence-corrected chi connectivity index (χ4v) is 2.25. The molecule has 0 aliphatic rings. The second-order valence-electron chi connectivity index (χ2n) is 5.67. The molecule has 0 fully saturated rings. The molecule has 0 saturated heterocycles. The maximum absolute atomic E-state index is 11.7. The van der Waals surface area contributed by atoms with Gasteiger partial charge < -0.3 is 10.5 Å². The number of esters is 1. The third-order valence-electron chi connectivity index (χ3n) is 3.70. The molecule has 0 radical (unpaired) electrons. The highest BCUT2D eigenvalue weighted by Gasteiger charge is 2.11. The van der Waals surface area contributed by atoms with Crippen molar-refractivity contribution in [3.8, 4) is 0 Å². The van der Waals surface area contributed by atoms with E-state index < -0.39 is 0 Å². The predicted molar refractivity (Wildman–Crippen MR) is 86.1 cm³/mol. The van der Waals surface area contributed by atoms with Crippen LogP contribution in [0, 0.1) is 0 Å². The van der Waals surface area contributed by atoms with Gasteiger partial charge in [-0.25, -0.2) is 0 Å². The maximum Gasteiger partial charge on any atom is 0.306 e. The molecule has 124 valence electrons. The molecule has 0 aromatic carbocycles. The van der Waals surface area contributed by atoms with Gasteiger partial charge in [0.1, 0.15) is 11.9 Å². The molecular weight excluding hydrogens is 266 g/mol. The summed E-state index contributed by atoms with van der Waals surface area (Å²) >= 11 is 0. The number of rotatable bonds is 14. The number of carbonyl (C=O) groups excluding carboxylic acids is 2. The molecule has 0 bridgehead atoms. The van der Waals surface area contributed by atoms with E-state index in [0.717, 1.165) is 57.8 Å². The number of hydrogen-bond acceptors (Lipinski definition) is 4. The maximum atomic E-state index is 11.7. The van der Waals surface area contributed by atoms with Gasteiger partial charge in [-0.3, -0.25) is 9.59 Å². The van der Waals surface area contributed by atoms with E-state index in [1.807, 2.05) is 0 Å². The van der Waals surface area contributed by atoms with Gasteiger partial charge in [-0.15, -0.1) is 0 Å². The third kappa shape index (κ3) is 12.5. The van der Waals surface area contributed by atoms with Crippen LogP contribution in [0.2, 0.25) is 0 Å². The van der Waals surface area contributed by atoms with E-state index in [9.17, 15) is 9.59 Å². The zero-order valence-electron chi connectivity index (χ0n) is 13.9. The zero-order chi connectivity index (χ0) is 15.9. The monoisotopic (exact) mass is 299 g/mol. The number of ether oxygens (including phenoxy) is 1. The summed E-state index contributed by atoms with van der Waals surface area (Å²) < 4.78 is 5.48. The first-order chi connectivity index (χ1) is 10.1. The predicted octanol–water partition coefficient (Wildman–Crippen LogP) is 3.76. The largest absolute Gasteiger partial charge is 0.462 e. The fraction of sp³-hybridized carbons (Fsp3) is 0.882. The van der Waals surface area contributed by atoms with E-state index in [-0.39, 0.29) is 24.4 Å². The number of Topliss-reactive ketones (excluding diaryl/α,β-unsaturated/α-hetero) is 1. The van der Waals surface area contributed by atoms with E-state index >= 15 is 0 Å². The molecule has 21 heavy (non-hydrogen) atoms. The first-order valence-electron chi connectivity index (χ1n) is 8.55. The van der Waals surface area contributed by atoms with Crippen LogP contribution in [0.15, 0.2) is 0 Å². The van der Waals surface area contributed by atoms with Crippen molar-refractivity contribution in [3.63, 3.8) is 0 Å². The molecule has 0 aromatic rings. The summed E-state index contributed by atoms with van der Waals surface area (Å²) in [5.41, 5.74) is 5.25. The smallest absolute Gasteiger partial charge is 0.306 e. The molecule has 1 atom stereocenters. The summed E-state index contributed by atoms with van der Waals surface area (Å²) in [6, 6.07) is 0. The van der Waals surface area contributed by atoms with Crippen LogP contribution >= 0.6 is 0 Å². The molecule has 0 aliphatic heterocycles. The van der Waals surface area contributed by atoms with Crippen LogP contribution in [-0.2, 0) is 14.3 Å². The van der Waals surface area contributed by atoms with Crippen LogP contribution < -0.4 is 5.73 Å². The molecule has 4 heteroatoms. The van der Waals surface area contributed by atoms with Crippen molar-refractivity contribution in [2.24, 2.45) is 5.73 Å². The van der Waals surface area contributed by atoms with Gasteiger partial charge in [0.2, 0.25) is 0 Å². The van der Waals surface area contributed by atoms with Gasteiger partial charge in [-0.1, -0.05) is 46.0 Å². The number of hydrogen-bond donors (Lipinski definition) is 1. The SMILES string of the molecule is CCCCC(CC)OC(=O)CCCCCCCC(=O)CN. The van der Waals surface area contributed by atoms with Crippen LogP contribution in [0.3, 0.4) is 0 Å². The second kappa shape index (κ2) is 14.1.